The lowest BCUT2D eigenvalue weighted by atomic mass is 9.98. The van der Waals surface area contributed by atoms with Gasteiger partial charge in [-0.2, -0.15) is 0 Å². The van der Waals surface area contributed by atoms with Gasteiger partial charge < -0.3 is 10.2 Å². The lowest BCUT2D eigenvalue weighted by Gasteiger charge is -2.33. The molecule has 3 rings (SSSR count). The average Bonchev–Trinajstić information content (AvgIpc) is 2.79. The number of carbonyl (C=O) groups excluding carboxylic acids is 1. The van der Waals surface area contributed by atoms with Gasteiger partial charge in [0.05, 0.1) is 21.9 Å². The predicted molar refractivity (Wildman–Crippen MR) is 129 cm³/mol. The lowest BCUT2D eigenvalue weighted by molar-refractivity contribution is -0.384. The molecule has 0 unspecified atom stereocenters. The summed E-state index contributed by atoms with van der Waals surface area (Å²) in [6, 6.07) is 10.8. The zero-order valence-electron chi connectivity index (χ0n) is 18.5. The van der Waals surface area contributed by atoms with Gasteiger partial charge in [-0.05, 0) is 42.5 Å². The third-order valence-corrected chi connectivity index (χ3v) is 6.90. The Morgan fingerprint density at radius 2 is 1.88 bits per heavy atom. The molecule has 0 atom stereocenters. The summed E-state index contributed by atoms with van der Waals surface area (Å²) in [5, 5.41) is 14.1. The van der Waals surface area contributed by atoms with Crippen LogP contribution in [0.3, 0.4) is 0 Å². The number of anilines is 2. The van der Waals surface area contributed by atoms with E-state index in [9.17, 15) is 23.3 Å². The number of nitrogens with zero attached hydrogens (tertiary/aromatic N) is 2. The number of hydrogen-bond donors (Lipinski definition) is 2. The highest BCUT2D eigenvalue weighted by molar-refractivity contribution is 7.88. The highest BCUT2D eigenvalue weighted by Crippen LogP contribution is 2.30. The molecule has 0 saturated carbocycles. The van der Waals surface area contributed by atoms with E-state index in [-0.39, 0.29) is 23.5 Å². The monoisotopic (exact) mass is 472 g/mol. The fourth-order valence-electron chi connectivity index (χ4n) is 3.68. The summed E-state index contributed by atoms with van der Waals surface area (Å²) >= 11 is 0. The molecule has 2 aromatic carbocycles. The highest BCUT2D eigenvalue weighted by atomic mass is 32.2. The Morgan fingerprint density at radius 3 is 2.48 bits per heavy atom. The quantitative estimate of drug-likeness (QED) is 0.326. The van der Waals surface area contributed by atoms with Crippen molar-refractivity contribution in [2.45, 2.75) is 25.5 Å². The maximum Gasteiger partial charge on any atom is 0.270 e. The van der Waals surface area contributed by atoms with E-state index in [2.05, 4.69) is 28.4 Å². The summed E-state index contributed by atoms with van der Waals surface area (Å²) in [7, 11) is -3.49. The Labute approximate surface area is 193 Å². The Kier molecular flexibility index (Phi) is 7.83. The standard InChI is InChI=1S/C23H28N4O5S/c1-3-12-24-33(31,32)16-18-4-6-19(7-5-18)25-23(28)21-15-20(27(29)30)8-9-22(21)26-13-10-17(2)11-14-26/h3-9,15,17,24H,1,10-14,16H2,2H3,(H,25,28). The molecular formula is C23H28N4O5S. The summed E-state index contributed by atoms with van der Waals surface area (Å²) in [6.07, 6.45) is 3.44. The number of benzene rings is 2. The van der Waals surface area contributed by atoms with Crippen LogP contribution in [0, 0.1) is 16.0 Å². The second kappa shape index (κ2) is 10.6. The van der Waals surface area contributed by atoms with Gasteiger partial charge in [-0.25, -0.2) is 13.1 Å². The fraction of sp³-hybridized carbons (Fsp3) is 0.348. The molecule has 33 heavy (non-hydrogen) atoms. The van der Waals surface area contributed by atoms with Crippen molar-refractivity contribution in [3.63, 3.8) is 0 Å². The Balaban J connectivity index is 1.78. The molecule has 0 spiro atoms. The van der Waals surface area contributed by atoms with E-state index in [1.807, 2.05) is 0 Å². The zero-order chi connectivity index (χ0) is 24.0. The highest BCUT2D eigenvalue weighted by Gasteiger charge is 2.23. The molecule has 0 radical (unpaired) electrons. The van der Waals surface area contributed by atoms with Crippen LogP contribution in [0.1, 0.15) is 35.7 Å². The van der Waals surface area contributed by atoms with Gasteiger partial charge in [-0.15, -0.1) is 6.58 Å². The van der Waals surface area contributed by atoms with Crippen LogP contribution in [0.4, 0.5) is 17.1 Å². The summed E-state index contributed by atoms with van der Waals surface area (Å²) in [4.78, 5) is 25.9. The summed E-state index contributed by atoms with van der Waals surface area (Å²) in [5.74, 6) is -0.0523. The molecule has 1 heterocycles. The van der Waals surface area contributed by atoms with Crippen LogP contribution >= 0.6 is 0 Å². The summed E-state index contributed by atoms with van der Waals surface area (Å²) in [5.41, 5.74) is 1.77. The number of nitro groups is 1. The molecule has 0 aliphatic carbocycles. The SMILES string of the molecule is C=CCNS(=O)(=O)Cc1ccc(NC(=O)c2cc([N+](=O)[O-])ccc2N2CCC(C)CC2)cc1. The molecule has 176 valence electrons. The van der Waals surface area contributed by atoms with Gasteiger partial charge in [0, 0.05) is 37.5 Å². The molecule has 0 aromatic heterocycles. The van der Waals surface area contributed by atoms with Crippen molar-refractivity contribution >= 4 is 33.0 Å². The largest absolute Gasteiger partial charge is 0.371 e. The van der Waals surface area contributed by atoms with Crippen LogP contribution < -0.4 is 14.9 Å². The minimum Gasteiger partial charge on any atom is -0.371 e. The molecule has 1 aliphatic heterocycles. The Morgan fingerprint density at radius 1 is 1.21 bits per heavy atom. The molecule has 1 aliphatic rings. The van der Waals surface area contributed by atoms with Crippen molar-refractivity contribution in [2.75, 3.05) is 29.9 Å². The van der Waals surface area contributed by atoms with Crippen LogP contribution in [-0.2, 0) is 15.8 Å². The number of nitrogens with one attached hydrogen (secondary N) is 2. The predicted octanol–water partition coefficient (Wildman–Crippen LogP) is 3.69. The number of nitro benzene ring substituents is 1. The maximum atomic E-state index is 13.1. The van der Waals surface area contributed by atoms with E-state index >= 15 is 0 Å². The van der Waals surface area contributed by atoms with Gasteiger partial charge in [-0.1, -0.05) is 25.1 Å². The normalized spacial score (nSPS) is 14.6. The van der Waals surface area contributed by atoms with Crippen LogP contribution in [0.2, 0.25) is 0 Å². The van der Waals surface area contributed by atoms with Gasteiger partial charge >= 0.3 is 0 Å². The minimum absolute atomic E-state index is 0.151. The smallest absolute Gasteiger partial charge is 0.270 e. The van der Waals surface area contributed by atoms with E-state index in [1.54, 1.807) is 30.3 Å². The molecule has 10 heteroatoms. The van der Waals surface area contributed by atoms with E-state index in [1.165, 1.54) is 18.2 Å². The van der Waals surface area contributed by atoms with Gasteiger partial charge in [-0.3, -0.25) is 14.9 Å². The number of rotatable bonds is 9. The summed E-state index contributed by atoms with van der Waals surface area (Å²) in [6.45, 7) is 7.38. The molecule has 2 N–H and O–H groups in total. The van der Waals surface area contributed by atoms with Crippen LogP contribution in [0.5, 0.6) is 0 Å². The first-order valence-electron chi connectivity index (χ1n) is 10.7. The number of hydrogen-bond acceptors (Lipinski definition) is 6. The first kappa shape index (κ1) is 24.4. The number of non-ortho nitro benzene ring substituents is 1. The molecule has 9 nitrogen and oxygen atoms in total. The molecule has 1 fully saturated rings. The number of sulfonamides is 1. The third-order valence-electron chi connectivity index (χ3n) is 5.58. The van der Waals surface area contributed by atoms with Crippen molar-refractivity contribution in [3.05, 3.63) is 76.4 Å². The second-order valence-electron chi connectivity index (χ2n) is 8.18. The minimum atomic E-state index is -3.49. The fourth-order valence-corrected chi connectivity index (χ4v) is 4.79. The van der Waals surface area contributed by atoms with Crippen molar-refractivity contribution < 1.29 is 18.1 Å². The van der Waals surface area contributed by atoms with E-state index in [4.69, 9.17) is 0 Å². The van der Waals surface area contributed by atoms with Crippen LogP contribution in [-0.4, -0.2) is 38.9 Å². The van der Waals surface area contributed by atoms with Gasteiger partial charge in [0.15, 0.2) is 0 Å². The molecule has 2 aromatic rings. The van der Waals surface area contributed by atoms with E-state index in [0.717, 1.165) is 25.9 Å². The first-order chi connectivity index (χ1) is 15.7. The summed E-state index contributed by atoms with van der Waals surface area (Å²) < 4.78 is 26.4. The zero-order valence-corrected chi connectivity index (χ0v) is 19.3. The van der Waals surface area contributed by atoms with Crippen molar-refractivity contribution in [3.8, 4) is 0 Å². The number of piperidine rings is 1. The van der Waals surface area contributed by atoms with Gasteiger partial charge in [0.1, 0.15) is 0 Å². The van der Waals surface area contributed by atoms with Crippen molar-refractivity contribution in [2.24, 2.45) is 5.92 Å². The molecular weight excluding hydrogens is 444 g/mol. The van der Waals surface area contributed by atoms with Gasteiger partial charge in [0.25, 0.3) is 11.6 Å². The van der Waals surface area contributed by atoms with E-state index < -0.39 is 20.9 Å². The molecule has 1 saturated heterocycles. The topological polar surface area (TPSA) is 122 Å². The molecule has 1 amide bonds. The average molecular weight is 473 g/mol. The van der Waals surface area contributed by atoms with Gasteiger partial charge in [0.2, 0.25) is 10.0 Å². The van der Waals surface area contributed by atoms with Crippen LogP contribution in [0.25, 0.3) is 0 Å². The van der Waals surface area contributed by atoms with Crippen LogP contribution in [0.15, 0.2) is 55.1 Å². The number of carbonyl (C=O) groups is 1. The Hall–Kier alpha value is -3.24. The van der Waals surface area contributed by atoms with E-state index in [0.29, 0.717) is 22.9 Å². The second-order valence-corrected chi connectivity index (χ2v) is 9.98. The first-order valence-corrected chi connectivity index (χ1v) is 12.4. The maximum absolute atomic E-state index is 13.1. The van der Waals surface area contributed by atoms with Crippen molar-refractivity contribution in [1.82, 2.24) is 4.72 Å². The Bertz CT molecular complexity index is 1120. The van der Waals surface area contributed by atoms with Crippen molar-refractivity contribution in [1.29, 1.82) is 0 Å². The lowest BCUT2D eigenvalue weighted by Crippen LogP contribution is -2.34. The number of amides is 1. The molecule has 0 bridgehead atoms. The third kappa shape index (κ3) is 6.62.